The summed E-state index contributed by atoms with van der Waals surface area (Å²) in [6.45, 7) is 1.82. The van der Waals surface area contributed by atoms with Crippen LogP contribution in [0.15, 0.2) is 36.4 Å². The van der Waals surface area contributed by atoms with Crippen LogP contribution in [0.1, 0.15) is 15.9 Å². The van der Waals surface area contributed by atoms with Crippen LogP contribution in [-0.2, 0) is 0 Å². The lowest BCUT2D eigenvalue weighted by molar-refractivity contribution is 0.102. The SMILES string of the molecule is Cc1cc(Cl)c(NC(=O)c2ccccc2O)cc1Cl. The molecule has 0 fully saturated rings. The van der Waals surface area contributed by atoms with Crippen molar-refractivity contribution in [3.05, 3.63) is 57.6 Å². The summed E-state index contributed by atoms with van der Waals surface area (Å²) in [6, 6.07) is 9.52. The minimum absolute atomic E-state index is 0.0886. The smallest absolute Gasteiger partial charge is 0.259 e. The predicted molar refractivity (Wildman–Crippen MR) is 77.3 cm³/mol. The normalized spacial score (nSPS) is 10.3. The Labute approximate surface area is 120 Å². The molecule has 0 saturated heterocycles. The number of halogens is 2. The van der Waals surface area contributed by atoms with Gasteiger partial charge in [-0.05, 0) is 36.8 Å². The fourth-order valence-electron chi connectivity index (χ4n) is 1.60. The Morgan fingerprint density at radius 3 is 2.53 bits per heavy atom. The van der Waals surface area contributed by atoms with Gasteiger partial charge in [-0.1, -0.05) is 35.3 Å². The predicted octanol–water partition coefficient (Wildman–Crippen LogP) is 4.26. The monoisotopic (exact) mass is 295 g/mol. The van der Waals surface area contributed by atoms with Crippen molar-refractivity contribution in [1.82, 2.24) is 0 Å². The average Bonchev–Trinajstić information content (AvgIpc) is 2.36. The van der Waals surface area contributed by atoms with E-state index in [0.717, 1.165) is 5.56 Å². The molecule has 3 nitrogen and oxygen atoms in total. The van der Waals surface area contributed by atoms with Crippen molar-refractivity contribution in [2.45, 2.75) is 6.92 Å². The molecule has 0 spiro atoms. The molecule has 0 unspecified atom stereocenters. The van der Waals surface area contributed by atoms with Gasteiger partial charge in [0.15, 0.2) is 0 Å². The zero-order chi connectivity index (χ0) is 14.0. The molecule has 2 aromatic carbocycles. The van der Waals surface area contributed by atoms with E-state index in [4.69, 9.17) is 23.2 Å². The largest absolute Gasteiger partial charge is 0.507 e. The first-order valence-corrected chi connectivity index (χ1v) is 6.29. The van der Waals surface area contributed by atoms with Gasteiger partial charge in [0.05, 0.1) is 16.3 Å². The third kappa shape index (κ3) is 3.00. The van der Waals surface area contributed by atoms with Crippen molar-refractivity contribution in [3.8, 4) is 5.75 Å². The fourth-order valence-corrected chi connectivity index (χ4v) is 2.03. The maximum Gasteiger partial charge on any atom is 0.259 e. The topological polar surface area (TPSA) is 49.3 Å². The maximum absolute atomic E-state index is 12.0. The highest BCUT2D eigenvalue weighted by atomic mass is 35.5. The van der Waals surface area contributed by atoms with Crippen LogP contribution in [0.2, 0.25) is 10.0 Å². The Hall–Kier alpha value is -1.71. The highest BCUT2D eigenvalue weighted by Crippen LogP contribution is 2.29. The lowest BCUT2D eigenvalue weighted by Crippen LogP contribution is -2.12. The molecule has 5 heteroatoms. The van der Waals surface area contributed by atoms with E-state index in [2.05, 4.69) is 5.32 Å². The van der Waals surface area contributed by atoms with Crippen LogP contribution in [0, 0.1) is 6.92 Å². The average molecular weight is 296 g/mol. The number of rotatable bonds is 2. The number of aryl methyl sites for hydroxylation is 1. The highest BCUT2D eigenvalue weighted by molar-refractivity contribution is 6.36. The molecule has 98 valence electrons. The molecule has 2 rings (SSSR count). The van der Waals surface area contributed by atoms with Gasteiger partial charge in [-0.25, -0.2) is 0 Å². The molecule has 0 heterocycles. The van der Waals surface area contributed by atoms with Gasteiger partial charge in [0.2, 0.25) is 0 Å². The van der Waals surface area contributed by atoms with Gasteiger partial charge >= 0.3 is 0 Å². The van der Waals surface area contributed by atoms with Crippen molar-refractivity contribution in [2.24, 2.45) is 0 Å². The molecule has 0 aliphatic carbocycles. The molecule has 0 saturated carbocycles. The lowest BCUT2D eigenvalue weighted by Gasteiger charge is -2.10. The summed E-state index contributed by atoms with van der Waals surface area (Å²) in [4.78, 5) is 12.0. The summed E-state index contributed by atoms with van der Waals surface area (Å²) in [5.74, 6) is -0.533. The summed E-state index contributed by atoms with van der Waals surface area (Å²) in [5, 5.41) is 13.1. The van der Waals surface area contributed by atoms with Gasteiger partial charge in [0, 0.05) is 5.02 Å². The van der Waals surface area contributed by atoms with Crippen LogP contribution >= 0.6 is 23.2 Å². The Kier molecular flexibility index (Phi) is 3.98. The van der Waals surface area contributed by atoms with Gasteiger partial charge in [0.25, 0.3) is 5.91 Å². The Balaban J connectivity index is 2.30. The van der Waals surface area contributed by atoms with Crippen molar-refractivity contribution >= 4 is 34.8 Å². The second-order valence-electron chi connectivity index (χ2n) is 4.05. The minimum atomic E-state index is -0.445. The molecule has 0 radical (unpaired) electrons. The van der Waals surface area contributed by atoms with Gasteiger partial charge in [-0.15, -0.1) is 0 Å². The highest BCUT2D eigenvalue weighted by Gasteiger charge is 2.13. The van der Waals surface area contributed by atoms with E-state index in [1.165, 1.54) is 12.1 Å². The molecule has 0 aromatic heterocycles. The third-order valence-electron chi connectivity index (χ3n) is 2.65. The Morgan fingerprint density at radius 2 is 1.84 bits per heavy atom. The minimum Gasteiger partial charge on any atom is -0.507 e. The number of amides is 1. The van der Waals surface area contributed by atoms with E-state index >= 15 is 0 Å². The molecule has 2 aromatic rings. The van der Waals surface area contributed by atoms with Crippen LogP contribution in [-0.4, -0.2) is 11.0 Å². The molecule has 0 aliphatic heterocycles. The number of hydrogen-bond donors (Lipinski definition) is 2. The summed E-state index contributed by atoms with van der Waals surface area (Å²) < 4.78 is 0. The maximum atomic E-state index is 12.0. The summed E-state index contributed by atoms with van der Waals surface area (Å²) in [7, 11) is 0. The van der Waals surface area contributed by atoms with E-state index in [-0.39, 0.29) is 11.3 Å². The fraction of sp³-hybridized carbons (Fsp3) is 0.0714. The molecule has 2 N–H and O–H groups in total. The van der Waals surface area contributed by atoms with Crippen molar-refractivity contribution in [1.29, 1.82) is 0 Å². The van der Waals surface area contributed by atoms with Gasteiger partial charge in [0.1, 0.15) is 5.75 Å². The first-order valence-electron chi connectivity index (χ1n) is 5.54. The van der Waals surface area contributed by atoms with Crippen LogP contribution in [0.3, 0.4) is 0 Å². The number of phenolic OH excluding ortho intramolecular Hbond substituents is 1. The number of benzene rings is 2. The number of phenols is 1. The number of para-hydroxylation sites is 1. The van der Waals surface area contributed by atoms with E-state index in [1.54, 1.807) is 24.3 Å². The van der Waals surface area contributed by atoms with E-state index in [9.17, 15) is 9.90 Å². The Morgan fingerprint density at radius 1 is 1.16 bits per heavy atom. The Bertz CT molecular complexity index is 641. The van der Waals surface area contributed by atoms with Gasteiger partial charge in [-0.3, -0.25) is 4.79 Å². The number of carbonyl (C=O) groups excluding carboxylic acids is 1. The standard InChI is InChI=1S/C14H11Cl2NO2/c1-8-6-11(16)12(7-10(8)15)17-14(19)9-4-2-3-5-13(9)18/h2-7,18H,1H3,(H,17,19). The summed E-state index contributed by atoms with van der Waals surface area (Å²) >= 11 is 12.0. The molecule has 0 bridgehead atoms. The number of aromatic hydroxyl groups is 1. The third-order valence-corrected chi connectivity index (χ3v) is 3.37. The summed E-state index contributed by atoms with van der Waals surface area (Å²) in [6.07, 6.45) is 0. The first kappa shape index (κ1) is 13.7. The lowest BCUT2D eigenvalue weighted by atomic mass is 10.1. The van der Waals surface area contributed by atoms with Crippen LogP contribution in [0.25, 0.3) is 0 Å². The molecule has 0 aliphatic rings. The molecule has 19 heavy (non-hydrogen) atoms. The van der Waals surface area contributed by atoms with E-state index < -0.39 is 5.91 Å². The quantitative estimate of drug-likeness (QED) is 0.870. The van der Waals surface area contributed by atoms with E-state index in [1.807, 2.05) is 6.92 Å². The summed E-state index contributed by atoms with van der Waals surface area (Å²) in [5.41, 5.74) is 1.41. The second-order valence-corrected chi connectivity index (χ2v) is 4.87. The van der Waals surface area contributed by atoms with Crippen LogP contribution < -0.4 is 5.32 Å². The zero-order valence-electron chi connectivity index (χ0n) is 10.1. The molecule has 1 amide bonds. The van der Waals surface area contributed by atoms with Gasteiger partial charge < -0.3 is 10.4 Å². The second kappa shape index (κ2) is 5.51. The van der Waals surface area contributed by atoms with Crippen molar-refractivity contribution < 1.29 is 9.90 Å². The van der Waals surface area contributed by atoms with E-state index in [0.29, 0.717) is 15.7 Å². The number of carbonyl (C=O) groups is 1. The first-order chi connectivity index (χ1) is 8.99. The number of hydrogen-bond acceptors (Lipinski definition) is 2. The van der Waals surface area contributed by atoms with Crippen molar-refractivity contribution in [3.63, 3.8) is 0 Å². The van der Waals surface area contributed by atoms with Gasteiger partial charge in [-0.2, -0.15) is 0 Å². The molecule has 0 atom stereocenters. The van der Waals surface area contributed by atoms with Crippen molar-refractivity contribution in [2.75, 3.05) is 5.32 Å². The number of anilines is 1. The number of nitrogens with one attached hydrogen (secondary N) is 1. The van der Waals surface area contributed by atoms with Crippen LogP contribution in [0.4, 0.5) is 5.69 Å². The molecular formula is C14H11Cl2NO2. The zero-order valence-corrected chi connectivity index (χ0v) is 11.6. The van der Waals surface area contributed by atoms with Crippen LogP contribution in [0.5, 0.6) is 5.75 Å². The molecular weight excluding hydrogens is 285 g/mol.